The molecule has 0 bridgehead atoms. The molecule has 1 atom stereocenters. The van der Waals surface area contributed by atoms with Gasteiger partial charge in [0.1, 0.15) is 0 Å². The van der Waals surface area contributed by atoms with E-state index < -0.39 is 5.92 Å². The molecule has 0 fully saturated rings. The van der Waals surface area contributed by atoms with Crippen molar-refractivity contribution in [3.05, 3.63) is 108 Å². The molecule has 0 N–H and O–H groups in total. The van der Waals surface area contributed by atoms with Gasteiger partial charge in [0.15, 0.2) is 11.6 Å². The lowest BCUT2D eigenvalue weighted by molar-refractivity contribution is 0.0396. The summed E-state index contributed by atoms with van der Waals surface area (Å²) in [6.45, 7) is 2.42. The third kappa shape index (κ3) is 4.81. The highest BCUT2D eigenvalue weighted by atomic mass is 16.5. The molecule has 0 saturated carbocycles. The van der Waals surface area contributed by atoms with Crippen LogP contribution in [0.4, 0.5) is 0 Å². The average molecular weight is 372 g/mol. The van der Waals surface area contributed by atoms with Crippen molar-refractivity contribution in [1.82, 2.24) is 0 Å². The zero-order valence-corrected chi connectivity index (χ0v) is 16.0. The van der Waals surface area contributed by atoms with Crippen molar-refractivity contribution in [3.63, 3.8) is 0 Å². The number of hydrogen-bond donors (Lipinski definition) is 0. The van der Waals surface area contributed by atoms with E-state index in [1.807, 2.05) is 73.7 Å². The van der Waals surface area contributed by atoms with Gasteiger partial charge in [-0.15, -0.1) is 0 Å². The van der Waals surface area contributed by atoms with Gasteiger partial charge in [0.2, 0.25) is 0 Å². The van der Waals surface area contributed by atoms with E-state index >= 15 is 0 Å². The largest absolute Gasteiger partial charge is 0.374 e. The molecule has 3 aromatic rings. The highest BCUT2D eigenvalue weighted by molar-refractivity contribution is 6.16. The summed E-state index contributed by atoms with van der Waals surface area (Å²) in [5.74, 6) is -1.15. The molecular formula is C25H24O3. The van der Waals surface area contributed by atoms with E-state index in [0.717, 1.165) is 5.56 Å². The molecule has 0 aromatic heterocycles. The van der Waals surface area contributed by atoms with Crippen LogP contribution in [0.1, 0.15) is 45.7 Å². The molecule has 0 saturated heterocycles. The van der Waals surface area contributed by atoms with E-state index in [2.05, 4.69) is 0 Å². The van der Waals surface area contributed by atoms with Gasteiger partial charge in [-0.05, 0) is 18.9 Å². The zero-order valence-electron chi connectivity index (χ0n) is 16.0. The first kappa shape index (κ1) is 19.7. The normalized spacial score (nSPS) is 11.9. The van der Waals surface area contributed by atoms with Crippen molar-refractivity contribution in [3.8, 4) is 0 Å². The van der Waals surface area contributed by atoms with Gasteiger partial charge in [-0.3, -0.25) is 9.59 Å². The number of benzene rings is 3. The Morgan fingerprint density at radius 1 is 0.714 bits per heavy atom. The Hall–Kier alpha value is -3.04. The molecule has 3 aromatic carbocycles. The molecule has 0 aliphatic rings. The molecule has 0 aliphatic heterocycles. The standard InChI is InChI=1S/C25H24O3/c1-2-28-23(19-12-6-3-7-13-19)18-22(24(26)20-14-8-4-9-15-20)25(27)21-16-10-5-11-17-21/h3-17,22-23H,2,18H2,1H3. The number of ketones is 2. The van der Waals surface area contributed by atoms with Crippen molar-refractivity contribution in [2.75, 3.05) is 6.61 Å². The summed E-state index contributed by atoms with van der Waals surface area (Å²) < 4.78 is 5.93. The summed E-state index contributed by atoms with van der Waals surface area (Å²) in [5, 5.41) is 0. The van der Waals surface area contributed by atoms with Gasteiger partial charge < -0.3 is 4.74 Å². The van der Waals surface area contributed by atoms with Crippen LogP contribution in [0, 0.1) is 5.92 Å². The number of carbonyl (C=O) groups is 2. The van der Waals surface area contributed by atoms with Gasteiger partial charge in [0, 0.05) is 17.7 Å². The van der Waals surface area contributed by atoms with Crippen LogP contribution < -0.4 is 0 Å². The molecule has 0 spiro atoms. The summed E-state index contributed by atoms with van der Waals surface area (Å²) in [4.78, 5) is 26.5. The maximum atomic E-state index is 13.3. The highest BCUT2D eigenvalue weighted by Crippen LogP contribution is 2.29. The summed E-state index contributed by atoms with van der Waals surface area (Å²) in [6, 6.07) is 27.8. The predicted octanol–water partition coefficient (Wildman–Crippen LogP) is 5.54. The van der Waals surface area contributed by atoms with E-state index in [0.29, 0.717) is 24.2 Å². The molecule has 0 amide bonds. The van der Waals surface area contributed by atoms with Crippen molar-refractivity contribution in [2.24, 2.45) is 5.92 Å². The Kier molecular flexibility index (Phi) is 6.88. The number of Topliss-reactive ketones (excluding diaryl/α,β-unsaturated/α-hetero) is 2. The van der Waals surface area contributed by atoms with Gasteiger partial charge in [0.25, 0.3) is 0 Å². The maximum absolute atomic E-state index is 13.3. The summed E-state index contributed by atoms with van der Waals surface area (Å²) >= 11 is 0. The van der Waals surface area contributed by atoms with Gasteiger partial charge in [-0.25, -0.2) is 0 Å². The Morgan fingerprint density at radius 2 is 1.14 bits per heavy atom. The quantitative estimate of drug-likeness (QED) is 0.366. The first-order valence-electron chi connectivity index (χ1n) is 9.55. The van der Waals surface area contributed by atoms with Gasteiger partial charge >= 0.3 is 0 Å². The summed E-state index contributed by atoms with van der Waals surface area (Å²) in [6.07, 6.45) is -0.0178. The zero-order chi connectivity index (χ0) is 19.8. The fourth-order valence-corrected chi connectivity index (χ4v) is 3.32. The van der Waals surface area contributed by atoms with E-state index in [4.69, 9.17) is 4.74 Å². The SMILES string of the molecule is CCOC(CC(C(=O)c1ccccc1)C(=O)c1ccccc1)c1ccccc1. The summed E-state index contributed by atoms with van der Waals surface area (Å²) in [5.41, 5.74) is 2.05. The van der Waals surface area contributed by atoms with E-state index in [-0.39, 0.29) is 17.7 Å². The van der Waals surface area contributed by atoms with Crippen LogP contribution in [0.2, 0.25) is 0 Å². The van der Waals surface area contributed by atoms with Crippen LogP contribution >= 0.6 is 0 Å². The van der Waals surface area contributed by atoms with E-state index in [9.17, 15) is 9.59 Å². The molecule has 3 heteroatoms. The van der Waals surface area contributed by atoms with Crippen molar-refractivity contribution < 1.29 is 14.3 Å². The molecule has 142 valence electrons. The minimum atomic E-state index is -0.804. The average Bonchev–Trinajstić information content (AvgIpc) is 2.77. The third-order valence-corrected chi connectivity index (χ3v) is 4.74. The molecule has 0 aliphatic carbocycles. The lowest BCUT2D eigenvalue weighted by atomic mass is 9.84. The van der Waals surface area contributed by atoms with Crippen molar-refractivity contribution >= 4 is 11.6 Å². The fraction of sp³-hybridized carbons (Fsp3) is 0.200. The minimum Gasteiger partial charge on any atom is -0.374 e. The van der Waals surface area contributed by atoms with Gasteiger partial charge in [-0.2, -0.15) is 0 Å². The number of rotatable bonds is 9. The van der Waals surface area contributed by atoms with E-state index in [1.165, 1.54) is 0 Å². The van der Waals surface area contributed by atoms with Crippen molar-refractivity contribution in [2.45, 2.75) is 19.4 Å². The molecule has 1 unspecified atom stereocenters. The van der Waals surface area contributed by atoms with Gasteiger partial charge in [-0.1, -0.05) is 91.0 Å². The second kappa shape index (κ2) is 9.77. The third-order valence-electron chi connectivity index (χ3n) is 4.74. The predicted molar refractivity (Wildman–Crippen MR) is 110 cm³/mol. The molecule has 3 rings (SSSR count). The Morgan fingerprint density at radius 3 is 1.57 bits per heavy atom. The lowest BCUT2D eigenvalue weighted by Crippen LogP contribution is -2.27. The summed E-state index contributed by atoms with van der Waals surface area (Å²) in [7, 11) is 0. The van der Waals surface area contributed by atoms with Crippen LogP contribution in [-0.2, 0) is 4.74 Å². The Balaban J connectivity index is 1.95. The smallest absolute Gasteiger partial charge is 0.173 e. The topological polar surface area (TPSA) is 43.4 Å². The van der Waals surface area contributed by atoms with Crippen molar-refractivity contribution in [1.29, 1.82) is 0 Å². The highest BCUT2D eigenvalue weighted by Gasteiger charge is 2.32. The van der Waals surface area contributed by atoms with Crippen LogP contribution in [0.25, 0.3) is 0 Å². The van der Waals surface area contributed by atoms with Crippen LogP contribution in [-0.4, -0.2) is 18.2 Å². The molecule has 0 radical (unpaired) electrons. The minimum absolute atomic E-state index is 0.171. The fourth-order valence-electron chi connectivity index (χ4n) is 3.32. The number of carbonyl (C=O) groups excluding carboxylic acids is 2. The van der Waals surface area contributed by atoms with Crippen LogP contribution in [0.3, 0.4) is 0 Å². The Bertz CT molecular complexity index is 837. The first-order valence-corrected chi connectivity index (χ1v) is 9.55. The number of hydrogen-bond acceptors (Lipinski definition) is 3. The lowest BCUT2D eigenvalue weighted by Gasteiger charge is -2.23. The van der Waals surface area contributed by atoms with Crippen LogP contribution in [0.15, 0.2) is 91.0 Å². The molecule has 3 nitrogen and oxygen atoms in total. The maximum Gasteiger partial charge on any atom is 0.173 e. The van der Waals surface area contributed by atoms with E-state index in [1.54, 1.807) is 24.3 Å². The molecule has 0 heterocycles. The second-order valence-electron chi connectivity index (χ2n) is 6.60. The Labute approximate surface area is 166 Å². The molecular weight excluding hydrogens is 348 g/mol. The molecule has 28 heavy (non-hydrogen) atoms. The number of ether oxygens (including phenoxy) is 1. The monoisotopic (exact) mass is 372 g/mol. The first-order chi connectivity index (χ1) is 13.7. The van der Waals surface area contributed by atoms with Gasteiger partial charge in [0.05, 0.1) is 12.0 Å². The second-order valence-corrected chi connectivity index (χ2v) is 6.60. The van der Waals surface area contributed by atoms with Crippen LogP contribution in [0.5, 0.6) is 0 Å².